The zero-order chi connectivity index (χ0) is 10.7. The van der Waals surface area contributed by atoms with Gasteiger partial charge in [-0.1, -0.05) is 0 Å². The van der Waals surface area contributed by atoms with E-state index >= 15 is 0 Å². The number of ether oxygens (including phenoxy) is 1. The molecule has 1 aliphatic rings. The summed E-state index contributed by atoms with van der Waals surface area (Å²) >= 11 is 0. The van der Waals surface area contributed by atoms with E-state index in [4.69, 9.17) is 16.2 Å². The summed E-state index contributed by atoms with van der Waals surface area (Å²) in [5, 5.41) is 0. The Bertz CT molecular complexity index is 210. The molecule has 14 heavy (non-hydrogen) atoms. The van der Waals surface area contributed by atoms with E-state index < -0.39 is 6.04 Å². The molecular weight excluding hydrogens is 182 g/mol. The van der Waals surface area contributed by atoms with Crippen molar-refractivity contribution in [2.24, 2.45) is 11.5 Å². The maximum atomic E-state index is 11.8. The van der Waals surface area contributed by atoms with Crippen LogP contribution in [-0.2, 0) is 9.53 Å². The van der Waals surface area contributed by atoms with Crippen LogP contribution < -0.4 is 11.5 Å². The normalized spacial score (nSPS) is 29.3. The molecular formula is C9H19N3O2. The van der Waals surface area contributed by atoms with Crippen molar-refractivity contribution in [2.45, 2.75) is 31.5 Å². The fraction of sp³-hybridized carbons (Fsp3) is 0.889. The zero-order valence-electron chi connectivity index (χ0n) is 8.77. The van der Waals surface area contributed by atoms with Crippen molar-refractivity contribution in [1.82, 2.24) is 4.90 Å². The minimum Gasteiger partial charge on any atom is -0.383 e. The number of hydrogen-bond acceptors (Lipinski definition) is 4. The lowest BCUT2D eigenvalue weighted by Gasteiger charge is -2.25. The number of carbonyl (C=O) groups excluding carboxylic acids is 1. The molecule has 0 aromatic heterocycles. The van der Waals surface area contributed by atoms with Gasteiger partial charge in [-0.2, -0.15) is 0 Å². The SMILES string of the molecule is COCC(N)C(=O)N1CCC(N)C1C. The highest BCUT2D eigenvalue weighted by atomic mass is 16.5. The molecule has 0 aliphatic carbocycles. The summed E-state index contributed by atoms with van der Waals surface area (Å²) in [5.74, 6) is -0.0627. The first-order valence-corrected chi connectivity index (χ1v) is 4.88. The Morgan fingerprint density at radius 1 is 1.71 bits per heavy atom. The van der Waals surface area contributed by atoms with Gasteiger partial charge in [-0.15, -0.1) is 0 Å². The third-order valence-electron chi connectivity index (χ3n) is 2.76. The molecule has 5 nitrogen and oxygen atoms in total. The second-order valence-corrected chi connectivity index (χ2v) is 3.79. The average Bonchev–Trinajstić information content (AvgIpc) is 2.47. The van der Waals surface area contributed by atoms with E-state index in [1.54, 1.807) is 4.90 Å². The summed E-state index contributed by atoms with van der Waals surface area (Å²) in [6, 6.07) is -0.396. The molecule has 82 valence electrons. The number of methoxy groups -OCH3 is 1. The van der Waals surface area contributed by atoms with Crippen LogP contribution in [0.4, 0.5) is 0 Å². The molecule has 0 radical (unpaired) electrons. The molecule has 0 aromatic carbocycles. The summed E-state index contributed by atoms with van der Waals surface area (Å²) < 4.78 is 4.84. The minimum absolute atomic E-state index is 0.0627. The first-order chi connectivity index (χ1) is 6.57. The summed E-state index contributed by atoms with van der Waals surface area (Å²) in [5.41, 5.74) is 11.5. The van der Waals surface area contributed by atoms with Gasteiger partial charge in [-0.05, 0) is 13.3 Å². The standard InChI is InChI=1S/C9H19N3O2/c1-6-7(10)3-4-12(6)9(13)8(11)5-14-2/h6-8H,3-5,10-11H2,1-2H3. The molecule has 1 amide bonds. The van der Waals surface area contributed by atoms with Crippen LogP contribution in [0.1, 0.15) is 13.3 Å². The van der Waals surface area contributed by atoms with Gasteiger partial charge in [0.1, 0.15) is 6.04 Å². The minimum atomic E-state index is -0.562. The van der Waals surface area contributed by atoms with E-state index in [-0.39, 0.29) is 24.6 Å². The molecule has 1 saturated heterocycles. The molecule has 0 bridgehead atoms. The van der Waals surface area contributed by atoms with E-state index in [2.05, 4.69) is 0 Å². The predicted octanol–water partition coefficient (Wildman–Crippen LogP) is -1.09. The molecule has 3 unspecified atom stereocenters. The second kappa shape index (κ2) is 4.72. The van der Waals surface area contributed by atoms with Crippen molar-refractivity contribution < 1.29 is 9.53 Å². The van der Waals surface area contributed by atoms with Gasteiger partial charge in [0.2, 0.25) is 5.91 Å². The smallest absolute Gasteiger partial charge is 0.242 e. The molecule has 1 fully saturated rings. The Morgan fingerprint density at radius 2 is 2.36 bits per heavy atom. The van der Waals surface area contributed by atoms with Crippen molar-refractivity contribution in [3.8, 4) is 0 Å². The molecule has 1 heterocycles. The van der Waals surface area contributed by atoms with Gasteiger partial charge < -0.3 is 21.1 Å². The molecule has 3 atom stereocenters. The Labute approximate surface area is 84.4 Å². The zero-order valence-corrected chi connectivity index (χ0v) is 8.77. The largest absolute Gasteiger partial charge is 0.383 e. The van der Waals surface area contributed by atoms with Gasteiger partial charge >= 0.3 is 0 Å². The predicted molar refractivity (Wildman–Crippen MR) is 53.6 cm³/mol. The first kappa shape index (κ1) is 11.4. The lowest BCUT2D eigenvalue weighted by molar-refractivity contribution is -0.134. The summed E-state index contributed by atoms with van der Waals surface area (Å²) in [7, 11) is 1.53. The number of carbonyl (C=O) groups is 1. The quantitative estimate of drug-likeness (QED) is 0.608. The molecule has 5 heteroatoms. The van der Waals surface area contributed by atoms with Crippen LogP contribution in [0.2, 0.25) is 0 Å². The molecule has 4 N–H and O–H groups in total. The van der Waals surface area contributed by atoms with Crippen LogP contribution in [0.15, 0.2) is 0 Å². The topological polar surface area (TPSA) is 81.6 Å². The van der Waals surface area contributed by atoms with E-state index in [1.165, 1.54) is 7.11 Å². The van der Waals surface area contributed by atoms with Crippen molar-refractivity contribution in [1.29, 1.82) is 0 Å². The van der Waals surface area contributed by atoms with E-state index in [0.717, 1.165) is 6.42 Å². The van der Waals surface area contributed by atoms with Crippen LogP contribution in [0.5, 0.6) is 0 Å². The van der Waals surface area contributed by atoms with Crippen LogP contribution in [0, 0.1) is 0 Å². The fourth-order valence-corrected chi connectivity index (χ4v) is 1.74. The lowest BCUT2D eigenvalue weighted by Crippen LogP contribution is -2.49. The maximum Gasteiger partial charge on any atom is 0.242 e. The third kappa shape index (κ3) is 2.23. The van der Waals surface area contributed by atoms with Crippen molar-refractivity contribution in [3.05, 3.63) is 0 Å². The van der Waals surface area contributed by atoms with E-state index in [0.29, 0.717) is 6.54 Å². The molecule has 0 aromatic rings. The molecule has 1 aliphatic heterocycles. The maximum absolute atomic E-state index is 11.8. The highest BCUT2D eigenvalue weighted by Gasteiger charge is 2.33. The van der Waals surface area contributed by atoms with Crippen molar-refractivity contribution >= 4 is 5.91 Å². The fourth-order valence-electron chi connectivity index (χ4n) is 1.74. The monoisotopic (exact) mass is 201 g/mol. The number of nitrogens with two attached hydrogens (primary N) is 2. The summed E-state index contributed by atoms with van der Waals surface area (Å²) in [4.78, 5) is 13.5. The highest BCUT2D eigenvalue weighted by Crippen LogP contribution is 2.16. The summed E-state index contributed by atoms with van der Waals surface area (Å²) in [6.45, 7) is 2.92. The summed E-state index contributed by atoms with van der Waals surface area (Å²) in [6.07, 6.45) is 0.854. The number of rotatable bonds is 3. The number of hydrogen-bond donors (Lipinski definition) is 2. The lowest BCUT2D eigenvalue weighted by atomic mass is 10.1. The third-order valence-corrected chi connectivity index (χ3v) is 2.76. The number of nitrogens with zero attached hydrogens (tertiary/aromatic N) is 1. The van der Waals surface area contributed by atoms with E-state index in [9.17, 15) is 4.79 Å². The molecule has 0 saturated carbocycles. The van der Waals surface area contributed by atoms with Gasteiger partial charge in [-0.25, -0.2) is 0 Å². The Morgan fingerprint density at radius 3 is 2.79 bits per heavy atom. The molecule has 0 spiro atoms. The van der Waals surface area contributed by atoms with Gasteiger partial charge in [-0.3, -0.25) is 4.79 Å². The second-order valence-electron chi connectivity index (χ2n) is 3.79. The average molecular weight is 201 g/mol. The van der Waals surface area contributed by atoms with Gasteiger partial charge in [0.25, 0.3) is 0 Å². The number of amides is 1. The van der Waals surface area contributed by atoms with Crippen molar-refractivity contribution in [2.75, 3.05) is 20.3 Å². The van der Waals surface area contributed by atoms with Crippen LogP contribution in [0.25, 0.3) is 0 Å². The first-order valence-electron chi connectivity index (χ1n) is 4.88. The Kier molecular flexibility index (Phi) is 3.86. The van der Waals surface area contributed by atoms with Gasteiger partial charge in [0.15, 0.2) is 0 Å². The Balaban J connectivity index is 2.52. The van der Waals surface area contributed by atoms with Gasteiger partial charge in [0, 0.05) is 25.7 Å². The van der Waals surface area contributed by atoms with Crippen LogP contribution >= 0.6 is 0 Å². The van der Waals surface area contributed by atoms with Crippen LogP contribution in [0.3, 0.4) is 0 Å². The Hall–Kier alpha value is -0.650. The molecule has 1 rings (SSSR count). The van der Waals surface area contributed by atoms with Gasteiger partial charge in [0.05, 0.1) is 6.61 Å². The number of likely N-dealkylation sites (tertiary alicyclic amines) is 1. The highest BCUT2D eigenvalue weighted by molar-refractivity contribution is 5.82. The van der Waals surface area contributed by atoms with E-state index in [1.807, 2.05) is 6.92 Å². The van der Waals surface area contributed by atoms with Crippen LogP contribution in [-0.4, -0.2) is 49.2 Å². The van der Waals surface area contributed by atoms with Crippen molar-refractivity contribution in [3.63, 3.8) is 0 Å².